The van der Waals surface area contributed by atoms with Crippen LogP contribution in [-0.4, -0.2) is 79.0 Å². The number of allylic oxidation sites excluding steroid dienone is 1. The zero-order valence-electron chi connectivity index (χ0n) is 21.3. The molecular weight excluding hydrogens is 476 g/mol. The molecule has 2 unspecified atom stereocenters. The van der Waals surface area contributed by atoms with Gasteiger partial charge in [-0.25, -0.2) is 0 Å². The summed E-state index contributed by atoms with van der Waals surface area (Å²) in [6.07, 6.45) is 5.66. The Balaban J connectivity index is 1.67. The fraction of sp³-hybridized carbons (Fsp3) is 0.536. The lowest BCUT2D eigenvalue weighted by Crippen LogP contribution is -2.56. The molecule has 1 N–H and O–H groups in total. The molecule has 4 rings (SSSR count). The Morgan fingerprint density at radius 2 is 2.00 bits per heavy atom. The van der Waals surface area contributed by atoms with E-state index in [-0.39, 0.29) is 38.1 Å². The number of amides is 2. The van der Waals surface area contributed by atoms with Gasteiger partial charge < -0.3 is 29.1 Å². The van der Waals surface area contributed by atoms with Crippen molar-refractivity contribution in [2.45, 2.75) is 49.9 Å². The van der Waals surface area contributed by atoms with E-state index >= 15 is 0 Å². The third kappa shape index (κ3) is 4.78. The zero-order valence-corrected chi connectivity index (χ0v) is 21.3. The molecule has 9 heteroatoms. The van der Waals surface area contributed by atoms with Crippen LogP contribution in [0.3, 0.4) is 0 Å². The number of unbranched alkanes of at least 4 members (excludes halogenated alkanes) is 1. The Morgan fingerprint density at radius 1 is 1.24 bits per heavy atom. The molecule has 1 aromatic rings. The molecule has 3 saturated heterocycles. The molecule has 2 bridgehead atoms. The molecule has 0 saturated carbocycles. The van der Waals surface area contributed by atoms with Crippen LogP contribution in [0.15, 0.2) is 49.6 Å². The maximum Gasteiger partial charge on any atom is 0.312 e. The van der Waals surface area contributed by atoms with E-state index in [0.29, 0.717) is 37.1 Å². The van der Waals surface area contributed by atoms with Gasteiger partial charge in [-0.1, -0.05) is 12.2 Å². The van der Waals surface area contributed by atoms with Crippen molar-refractivity contribution in [2.24, 2.45) is 11.8 Å². The summed E-state index contributed by atoms with van der Waals surface area (Å²) in [7, 11) is 1.57. The minimum atomic E-state index is -1.12. The maximum absolute atomic E-state index is 14.2. The molecule has 37 heavy (non-hydrogen) atoms. The van der Waals surface area contributed by atoms with Gasteiger partial charge in [0.1, 0.15) is 17.4 Å². The average Bonchev–Trinajstić information content (AvgIpc) is 3.55. The number of rotatable bonds is 13. The van der Waals surface area contributed by atoms with E-state index in [1.165, 1.54) is 4.90 Å². The number of aliphatic hydroxyl groups excluding tert-OH is 1. The lowest BCUT2D eigenvalue weighted by molar-refractivity contribution is -0.155. The first-order valence-corrected chi connectivity index (χ1v) is 12.9. The molecular formula is C28H36N2O7. The standard InChI is InChI=1S/C28H36N2O7/c1-4-6-7-18-36-27(34)22-21-13-14-28(37-21)23(22)25(32)30(16-8-17-31)24(28)26(33)29(15-5-2)19-9-11-20(35-3)12-10-19/h4-5,9-12,21-24,31H,1-2,6-8,13-18H2,3H3/t21-,22+,23+,24?,28?/m1/s1. The van der Waals surface area contributed by atoms with Gasteiger partial charge in [-0.05, 0) is 56.4 Å². The number of anilines is 1. The predicted octanol–water partition coefficient (Wildman–Crippen LogP) is 2.48. The number of hydrogen-bond donors (Lipinski definition) is 1. The van der Waals surface area contributed by atoms with Crippen LogP contribution < -0.4 is 9.64 Å². The number of fused-ring (bicyclic) bond motifs is 1. The van der Waals surface area contributed by atoms with Crippen molar-refractivity contribution in [2.75, 3.05) is 38.3 Å². The van der Waals surface area contributed by atoms with Crippen molar-refractivity contribution in [1.29, 1.82) is 0 Å². The Morgan fingerprint density at radius 3 is 2.65 bits per heavy atom. The summed E-state index contributed by atoms with van der Waals surface area (Å²) >= 11 is 0. The summed E-state index contributed by atoms with van der Waals surface area (Å²) in [4.78, 5) is 44.3. The van der Waals surface area contributed by atoms with Gasteiger partial charge in [-0.3, -0.25) is 14.4 Å². The summed E-state index contributed by atoms with van der Waals surface area (Å²) in [6.45, 7) is 8.01. The van der Waals surface area contributed by atoms with Gasteiger partial charge >= 0.3 is 5.97 Å². The second-order valence-corrected chi connectivity index (χ2v) is 9.70. The molecule has 0 aromatic heterocycles. The van der Waals surface area contributed by atoms with Gasteiger partial charge in [-0.15, -0.1) is 13.2 Å². The summed E-state index contributed by atoms with van der Waals surface area (Å²) in [5, 5.41) is 9.50. The zero-order chi connectivity index (χ0) is 26.6. The molecule has 1 spiro atoms. The number of carbonyl (C=O) groups excluding carboxylic acids is 3. The van der Waals surface area contributed by atoms with Crippen LogP contribution in [0, 0.1) is 11.8 Å². The third-order valence-corrected chi connectivity index (χ3v) is 7.62. The highest BCUT2D eigenvalue weighted by molar-refractivity contribution is 6.04. The van der Waals surface area contributed by atoms with E-state index in [0.717, 1.165) is 6.42 Å². The average molecular weight is 513 g/mol. The van der Waals surface area contributed by atoms with Crippen molar-refractivity contribution in [3.63, 3.8) is 0 Å². The highest BCUT2D eigenvalue weighted by atomic mass is 16.6. The van der Waals surface area contributed by atoms with Gasteiger partial charge in [0.05, 0.1) is 31.7 Å². The van der Waals surface area contributed by atoms with Gasteiger partial charge in [-0.2, -0.15) is 0 Å². The Kier molecular flexibility index (Phi) is 8.34. The molecule has 5 atom stereocenters. The topological polar surface area (TPSA) is 106 Å². The van der Waals surface area contributed by atoms with Crippen molar-refractivity contribution >= 4 is 23.5 Å². The van der Waals surface area contributed by atoms with Crippen molar-refractivity contribution < 1.29 is 33.7 Å². The van der Waals surface area contributed by atoms with E-state index < -0.39 is 35.6 Å². The van der Waals surface area contributed by atoms with Crippen LogP contribution in [0.25, 0.3) is 0 Å². The second kappa shape index (κ2) is 11.5. The van der Waals surface area contributed by atoms with Crippen LogP contribution in [0.2, 0.25) is 0 Å². The smallest absolute Gasteiger partial charge is 0.312 e. The quantitative estimate of drug-likeness (QED) is 0.246. The second-order valence-electron chi connectivity index (χ2n) is 9.70. The number of carbonyl (C=O) groups is 3. The number of esters is 1. The van der Waals surface area contributed by atoms with Crippen molar-refractivity contribution in [3.05, 3.63) is 49.6 Å². The summed E-state index contributed by atoms with van der Waals surface area (Å²) in [5.41, 5.74) is -0.490. The van der Waals surface area contributed by atoms with Crippen LogP contribution >= 0.6 is 0 Å². The number of hydrogen-bond acceptors (Lipinski definition) is 7. The van der Waals surface area contributed by atoms with Gasteiger partial charge in [0.25, 0.3) is 5.91 Å². The van der Waals surface area contributed by atoms with Crippen LogP contribution in [0.1, 0.15) is 32.1 Å². The van der Waals surface area contributed by atoms with E-state index in [9.17, 15) is 19.5 Å². The lowest BCUT2D eigenvalue weighted by atomic mass is 9.70. The number of nitrogens with zero attached hydrogens (tertiary/aromatic N) is 2. The predicted molar refractivity (Wildman–Crippen MR) is 137 cm³/mol. The molecule has 200 valence electrons. The summed E-state index contributed by atoms with van der Waals surface area (Å²) in [6, 6.07) is 6.15. The summed E-state index contributed by atoms with van der Waals surface area (Å²) < 4.78 is 17.2. The number of likely N-dealkylation sites (tertiary alicyclic amines) is 1. The Bertz CT molecular complexity index is 1030. The molecule has 3 aliphatic rings. The van der Waals surface area contributed by atoms with Gasteiger partial charge in [0, 0.05) is 25.4 Å². The number of ether oxygens (including phenoxy) is 3. The Labute approximate surface area is 217 Å². The minimum Gasteiger partial charge on any atom is -0.497 e. The van der Waals surface area contributed by atoms with E-state index in [1.807, 2.05) is 0 Å². The first-order valence-electron chi connectivity index (χ1n) is 12.9. The molecule has 3 heterocycles. The van der Waals surface area contributed by atoms with Crippen molar-refractivity contribution in [1.82, 2.24) is 4.90 Å². The highest BCUT2D eigenvalue weighted by Crippen LogP contribution is 2.59. The van der Waals surface area contributed by atoms with Gasteiger partial charge in [0.15, 0.2) is 0 Å². The number of benzene rings is 1. The van der Waals surface area contributed by atoms with Crippen molar-refractivity contribution in [3.8, 4) is 5.75 Å². The van der Waals surface area contributed by atoms with E-state index in [4.69, 9.17) is 14.2 Å². The molecule has 3 fully saturated rings. The first kappa shape index (κ1) is 26.9. The lowest BCUT2D eigenvalue weighted by Gasteiger charge is -2.36. The van der Waals surface area contributed by atoms with Crippen LogP contribution in [0.5, 0.6) is 5.75 Å². The normalized spacial score (nSPS) is 27.6. The van der Waals surface area contributed by atoms with Crippen LogP contribution in [0.4, 0.5) is 5.69 Å². The summed E-state index contributed by atoms with van der Waals surface area (Å²) in [5.74, 6) is -1.96. The third-order valence-electron chi connectivity index (χ3n) is 7.62. The molecule has 9 nitrogen and oxygen atoms in total. The monoisotopic (exact) mass is 512 g/mol. The molecule has 2 amide bonds. The maximum atomic E-state index is 14.2. The van der Waals surface area contributed by atoms with Crippen LogP contribution in [-0.2, 0) is 23.9 Å². The largest absolute Gasteiger partial charge is 0.497 e. The minimum absolute atomic E-state index is 0.129. The fourth-order valence-electron chi connectivity index (χ4n) is 6.04. The highest BCUT2D eigenvalue weighted by Gasteiger charge is 2.75. The molecule has 1 aromatic carbocycles. The molecule has 0 aliphatic carbocycles. The fourth-order valence-corrected chi connectivity index (χ4v) is 6.04. The van der Waals surface area contributed by atoms with E-state index in [2.05, 4.69) is 13.2 Å². The molecule has 0 radical (unpaired) electrons. The van der Waals surface area contributed by atoms with Gasteiger partial charge in [0.2, 0.25) is 5.91 Å². The first-order chi connectivity index (χ1) is 17.9. The molecule has 3 aliphatic heterocycles. The number of aliphatic hydroxyl groups is 1. The SMILES string of the molecule is C=CCCCOC(=O)[C@@H]1[C@H]2C(=O)N(CCCO)C(C(=O)N(CC=C)c3ccc(OC)cc3)C23CC[C@H]1O3. The number of methoxy groups -OCH3 is 1. The Hall–Kier alpha value is -3.17. The van der Waals surface area contributed by atoms with E-state index in [1.54, 1.807) is 48.4 Å².